The Labute approximate surface area is 155 Å². The van der Waals surface area contributed by atoms with Gasteiger partial charge in [-0.15, -0.1) is 0 Å². The van der Waals surface area contributed by atoms with Gasteiger partial charge in [0.15, 0.2) is 0 Å². The zero-order chi connectivity index (χ0) is 19.2. The minimum atomic E-state index is -0.958. The Hall–Kier alpha value is -3.05. The second kappa shape index (κ2) is 6.28. The molecule has 0 fully saturated rings. The van der Waals surface area contributed by atoms with Crippen LogP contribution in [0.25, 0.3) is 27.8 Å². The van der Waals surface area contributed by atoms with Crippen LogP contribution in [0.15, 0.2) is 67.0 Å². The number of halogens is 2. The summed E-state index contributed by atoms with van der Waals surface area (Å²) in [6.07, 6.45) is 1.66. The van der Waals surface area contributed by atoms with E-state index in [1.54, 1.807) is 38.4 Å². The van der Waals surface area contributed by atoms with Crippen LogP contribution in [-0.2, 0) is 5.60 Å². The molecule has 3 nitrogen and oxygen atoms in total. The van der Waals surface area contributed by atoms with Crippen LogP contribution in [0.4, 0.5) is 8.78 Å². The molecule has 4 rings (SSSR count). The number of aromatic nitrogens is 2. The smallest absolute Gasteiger partial charge is 0.133 e. The molecule has 1 aromatic heterocycles. The van der Waals surface area contributed by atoms with Gasteiger partial charge in [0.1, 0.15) is 18.0 Å². The fourth-order valence-electron chi connectivity index (χ4n) is 3.18. The first-order valence-electron chi connectivity index (χ1n) is 8.59. The van der Waals surface area contributed by atoms with E-state index in [-0.39, 0.29) is 5.56 Å². The van der Waals surface area contributed by atoms with Gasteiger partial charge in [0.05, 0.1) is 22.2 Å². The van der Waals surface area contributed by atoms with Gasteiger partial charge in [-0.05, 0) is 61.4 Å². The van der Waals surface area contributed by atoms with Crippen molar-refractivity contribution in [1.82, 2.24) is 9.55 Å². The van der Waals surface area contributed by atoms with Gasteiger partial charge in [-0.3, -0.25) is 4.57 Å². The monoisotopic (exact) mass is 364 g/mol. The van der Waals surface area contributed by atoms with Crippen LogP contribution in [0.3, 0.4) is 0 Å². The molecular formula is C22H18F2N2O. The molecule has 1 heterocycles. The number of hydrogen-bond acceptors (Lipinski definition) is 2. The molecule has 0 radical (unpaired) electrons. The van der Waals surface area contributed by atoms with E-state index < -0.39 is 17.2 Å². The van der Waals surface area contributed by atoms with Gasteiger partial charge in [0.25, 0.3) is 0 Å². The first-order valence-corrected chi connectivity index (χ1v) is 8.59. The summed E-state index contributed by atoms with van der Waals surface area (Å²) in [5.74, 6) is -1.20. The lowest BCUT2D eigenvalue weighted by atomic mass is 9.98. The Morgan fingerprint density at radius 2 is 1.63 bits per heavy atom. The molecule has 136 valence electrons. The highest BCUT2D eigenvalue weighted by Gasteiger charge is 2.18. The molecule has 0 unspecified atom stereocenters. The van der Waals surface area contributed by atoms with Gasteiger partial charge in [0.2, 0.25) is 0 Å². The first-order chi connectivity index (χ1) is 12.8. The predicted octanol–water partition coefficient (Wildman–Crippen LogP) is 5.20. The van der Waals surface area contributed by atoms with Crippen molar-refractivity contribution in [2.45, 2.75) is 19.4 Å². The van der Waals surface area contributed by atoms with E-state index in [1.807, 2.05) is 28.8 Å². The fraction of sp³-hybridized carbons (Fsp3) is 0.136. The number of rotatable bonds is 3. The number of aliphatic hydroxyl groups is 1. The van der Waals surface area contributed by atoms with Gasteiger partial charge < -0.3 is 5.11 Å². The van der Waals surface area contributed by atoms with Crippen molar-refractivity contribution >= 4 is 11.0 Å². The van der Waals surface area contributed by atoms with Crippen LogP contribution in [0, 0.1) is 11.6 Å². The highest BCUT2D eigenvalue weighted by Crippen LogP contribution is 2.29. The summed E-state index contributed by atoms with van der Waals surface area (Å²) in [4.78, 5) is 4.41. The zero-order valence-electron chi connectivity index (χ0n) is 14.9. The van der Waals surface area contributed by atoms with Gasteiger partial charge >= 0.3 is 0 Å². The van der Waals surface area contributed by atoms with Crippen molar-refractivity contribution in [3.8, 4) is 16.8 Å². The van der Waals surface area contributed by atoms with Crippen LogP contribution >= 0.6 is 0 Å². The second-order valence-corrected chi connectivity index (χ2v) is 7.02. The van der Waals surface area contributed by atoms with Crippen molar-refractivity contribution in [1.29, 1.82) is 0 Å². The van der Waals surface area contributed by atoms with Crippen molar-refractivity contribution in [3.05, 3.63) is 84.2 Å². The van der Waals surface area contributed by atoms with Gasteiger partial charge in [-0.25, -0.2) is 13.8 Å². The molecule has 0 aliphatic rings. The van der Waals surface area contributed by atoms with E-state index in [9.17, 15) is 13.9 Å². The molecule has 27 heavy (non-hydrogen) atoms. The Morgan fingerprint density at radius 1 is 0.926 bits per heavy atom. The molecule has 0 saturated heterocycles. The van der Waals surface area contributed by atoms with E-state index in [1.165, 1.54) is 18.2 Å². The van der Waals surface area contributed by atoms with Crippen LogP contribution in [0.5, 0.6) is 0 Å². The third-order valence-corrected chi connectivity index (χ3v) is 4.63. The Bertz CT molecular complexity index is 1120. The standard InChI is InChI=1S/C22H18F2N2O/c1-22(2,27)15-9-10-20-19(12-15)25-13-26(20)16-6-3-5-14(11-16)21-17(23)7-4-8-18(21)24/h3-13,27H,1-2H3. The molecule has 3 aromatic carbocycles. The molecular weight excluding hydrogens is 346 g/mol. The van der Waals surface area contributed by atoms with Gasteiger partial charge in [-0.1, -0.05) is 24.3 Å². The van der Waals surface area contributed by atoms with Crippen molar-refractivity contribution < 1.29 is 13.9 Å². The fourth-order valence-corrected chi connectivity index (χ4v) is 3.18. The zero-order valence-corrected chi connectivity index (χ0v) is 14.9. The third-order valence-electron chi connectivity index (χ3n) is 4.63. The highest BCUT2D eigenvalue weighted by molar-refractivity contribution is 5.79. The molecule has 5 heteroatoms. The Kier molecular flexibility index (Phi) is 4.04. The minimum absolute atomic E-state index is 0.0481. The molecule has 0 aliphatic heterocycles. The quantitative estimate of drug-likeness (QED) is 0.543. The van der Waals surface area contributed by atoms with Gasteiger partial charge in [-0.2, -0.15) is 0 Å². The number of imidazole rings is 1. The maximum absolute atomic E-state index is 14.1. The van der Waals surface area contributed by atoms with Crippen molar-refractivity contribution in [2.24, 2.45) is 0 Å². The maximum Gasteiger partial charge on any atom is 0.133 e. The normalized spacial score (nSPS) is 11.9. The lowest BCUT2D eigenvalue weighted by Gasteiger charge is -2.17. The average Bonchev–Trinajstić information content (AvgIpc) is 3.04. The summed E-state index contributed by atoms with van der Waals surface area (Å²) in [5.41, 5.74) is 2.54. The molecule has 0 amide bonds. The Morgan fingerprint density at radius 3 is 2.33 bits per heavy atom. The first kappa shape index (κ1) is 17.4. The van der Waals surface area contributed by atoms with Gasteiger partial charge in [0, 0.05) is 5.69 Å². The summed E-state index contributed by atoms with van der Waals surface area (Å²) in [6, 6.07) is 16.4. The lowest BCUT2D eigenvalue weighted by Crippen LogP contribution is -2.15. The molecule has 0 saturated carbocycles. The van der Waals surface area contributed by atoms with E-state index in [0.717, 1.165) is 22.3 Å². The molecule has 1 N–H and O–H groups in total. The summed E-state index contributed by atoms with van der Waals surface area (Å²) in [6.45, 7) is 3.44. The summed E-state index contributed by atoms with van der Waals surface area (Å²) < 4.78 is 30.1. The molecule has 0 aliphatic carbocycles. The number of benzene rings is 3. The largest absolute Gasteiger partial charge is 0.386 e. The van der Waals surface area contributed by atoms with Crippen LogP contribution < -0.4 is 0 Å². The average molecular weight is 364 g/mol. The number of fused-ring (bicyclic) bond motifs is 1. The highest BCUT2D eigenvalue weighted by atomic mass is 19.1. The molecule has 0 bridgehead atoms. The maximum atomic E-state index is 14.1. The van der Waals surface area contributed by atoms with Crippen LogP contribution in [0.2, 0.25) is 0 Å². The minimum Gasteiger partial charge on any atom is -0.386 e. The third kappa shape index (κ3) is 3.11. The summed E-state index contributed by atoms with van der Waals surface area (Å²) >= 11 is 0. The van der Waals surface area contributed by atoms with E-state index in [0.29, 0.717) is 5.56 Å². The molecule has 0 atom stereocenters. The predicted molar refractivity (Wildman–Crippen MR) is 102 cm³/mol. The van der Waals surface area contributed by atoms with Crippen LogP contribution in [0.1, 0.15) is 19.4 Å². The van der Waals surface area contributed by atoms with E-state index in [2.05, 4.69) is 4.98 Å². The summed E-state index contributed by atoms with van der Waals surface area (Å²) in [7, 11) is 0. The molecule has 4 aromatic rings. The van der Waals surface area contributed by atoms with E-state index in [4.69, 9.17) is 0 Å². The summed E-state index contributed by atoms with van der Waals surface area (Å²) in [5, 5.41) is 10.2. The van der Waals surface area contributed by atoms with Crippen molar-refractivity contribution in [3.63, 3.8) is 0 Å². The topological polar surface area (TPSA) is 38.1 Å². The van der Waals surface area contributed by atoms with Crippen molar-refractivity contribution in [2.75, 3.05) is 0 Å². The molecule has 0 spiro atoms. The van der Waals surface area contributed by atoms with Crippen LogP contribution in [-0.4, -0.2) is 14.7 Å². The number of nitrogens with zero attached hydrogens (tertiary/aromatic N) is 2. The van der Waals surface area contributed by atoms with E-state index >= 15 is 0 Å². The lowest BCUT2D eigenvalue weighted by molar-refractivity contribution is 0.0787. The Balaban J connectivity index is 1.83. The SMILES string of the molecule is CC(C)(O)c1ccc2c(c1)ncn2-c1cccc(-c2c(F)cccc2F)c1. The number of hydrogen-bond donors (Lipinski definition) is 1. The second-order valence-electron chi connectivity index (χ2n) is 7.02.